The summed E-state index contributed by atoms with van der Waals surface area (Å²) in [6.07, 6.45) is 4.94. The molecule has 1 aliphatic heterocycles. The quantitative estimate of drug-likeness (QED) is 0.385. The smallest absolute Gasteiger partial charge is 0.302 e. The molecule has 0 saturated carbocycles. The summed E-state index contributed by atoms with van der Waals surface area (Å²) in [5, 5.41) is 0. The molecule has 1 heterocycles. The predicted molar refractivity (Wildman–Crippen MR) is 54.0 cm³/mol. The van der Waals surface area contributed by atoms with Gasteiger partial charge in [0.15, 0.2) is 0 Å². The van der Waals surface area contributed by atoms with E-state index in [1.54, 1.807) is 0 Å². The molecule has 0 aromatic rings. The summed E-state index contributed by atoms with van der Waals surface area (Å²) < 4.78 is 10.1. The fraction of sp³-hybridized carbons (Fsp3) is 0.727. The molecule has 0 amide bonds. The highest BCUT2D eigenvalue weighted by molar-refractivity contribution is 5.66. The fourth-order valence-corrected chi connectivity index (χ4v) is 1.31. The molecule has 1 rings (SSSR count). The third kappa shape index (κ3) is 4.42. The second-order valence-corrected chi connectivity index (χ2v) is 3.77. The summed E-state index contributed by atoms with van der Waals surface area (Å²) >= 11 is 0. The van der Waals surface area contributed by atoms with Crippen molar-refractivity contribution in [1.82, 2.24) is 0 Å². The molecule has 80 valence electrons. The molecule has 0 aliphatic carbocycles. The van der Waals surface area contributed by atoms with Crippen LogP contribution in [0.4, 0.5) is 0 Å². The second-order valence-electron chi connectivity index (χ2n) is 3.77. The van der Waals surface area contributed by atoms with E-state index >= 15 is 0 Å². The number of hydrogen-bond acceptors (Lipinski definition) is 3. The Morgan fingerprint density at radius 2 is 2.14 bits per heavy atom. The van der Waals surface area contributed by atoms with Crippen LogP contribution >= 0.6 is 0 Å². The van der Waals surface area contributed by atoms with Crippen LogP contribution in [0.25, 0.3) is 0 Å². The number of ether oxygens (including phenoxy) is 2. The molecular weight excluding hydrogens is 180 g/mol. The van der Waals surface area contributed by atoms with Crippen molar-refractivity contribution >= 4 is 5.97 Å². The van der Waals surface area contributed by atoms with Crippen molar-refractivity contribution in [2.45, 2.75) is 45.8 Å². The average Bonchev–Trinajstić information content (AvgIpc) is 2.78. The van der Waals surface area contributed by atoms with E-state index in [9.17, 15) is 4.79 Å². The molecule has 0 N–H and O–H groups in total. The van der Waals surface area contributed by atoms with Gasteiger partial charge in [0.1, 0.15) is 6.61 Å². The first-order valence-corrected chi connectivity index (χ1v) is 5.04. The third-order valence-corrected chi connectivity index (χ3v) is 2.38. The number of carbonyl (C=O) groups excluding carboxylic acids is 1. The lowest BCUT2D eigenvalue weighted by Crippen LogP contribution is -1.98. The monoisotopic (exact) mass is 198 g/mol. The van der Waals surface area contributed by atoms with Gasteiger partial charge in [0.25, 0.3) is 0 Å². The van der Waals surface area contributed by atoms with Gasteiger partial charge in [0, 0.05) is 6.92 Å². The first-order chi connectivity index (χ1) is 6.59. The molecule has 2 unspecified atom stereocenters. The van der Waals surface area contributed by atoms with Gasteiger partial charge in [-0.25, -0.2) is 0 Å². The Balaban J connectivity index is 2.07. The summed E-state index contributed by atoms with van der Waals surface area (Å²) in [6, 6.07) is 0. The van der Waals surface area contributed by atoms with E-state index in [0.717, 1.165) is 12.8 Å². The maximum absolute atomic E-state index is 10.5. The lowest BCUT2D eigenvalue weighted by atomic mass is 10.1. The van der Waals surface area contributed by atoms with Gasteiger partial charge in [-0.15, -0.1) is 0 Å². The molecule has 0 aromatic carbocycles. The Morgan fingerprint density at radius 1 is 1.50 bits per heavy atom. The Labute approximate surface area is 85.1 Å². The van der Waals surface area contributed by atoms with E-state index < -0.39 is 0 Å². The summed E-state index contributed by atoms with van der Waals surface area (Å²) in [5.74, 6) is -0.229. The zero-order valence-electron chi connectivity index (χ0n) is 9.08. The highest BCUT2D eigenvalue weighted by Crippen LogP contribution is 2.26. The van der Waals surface area contributed by atoms with Gasteiger partial charge >= 0.3 is 5.97 Å². The van der Waals surface area contributed by atoms with Crippen molar-refractivity contribution in [1.29, 1.82) is 0 Å². The van der Waals surface area contributed by atoms with E-state index in [1.807, 2.05) is 6.08 Å². The molecule has 1 saturated heterocycles. The lowest BCUT2D eigenvalue weighted by molar-refractivity contribution is -0.139. The molecular formula is C11H18O3. The van der Waals surface area contributed by atoms with Crippen LogP contribution in [0.1, 0.15) is 33.6 Å². The number of allylic oxidation sites excluding steroid dienone is 1. The van der Waals surface area contributed by atoms with E-state index in [0.29, 0.717) is 18.8 Å². The van der Waals surface area contributed by atoms with Crippen molar-refractivity contribution in [3.8, 4) is 0 Å². The summed E-state index contributed by atoms with van der Waals surface area (Å²) in [6.45, 7) is 5.95. The largest absolute Gasteiger partial charge is 0.462 e. The van der Waals surface area contributed by atoms with Crippen LogP contribution in [-0.4, -0.2) is 24.8 Å². The van der Waals surface area contributed by atoms with E-state index in [2.05, 4.69) is 13.8 Å². The van der Waals surface area contributed by atoms with E-state index in [-0.39, 0.29) is 5.97 Å². The van der Waals surface area contributed by atoms with Gasteiger partial charge in [0.05, 0.1) is 12.2 Å². The average molecular weight is 198 g/mol. The molecule has 2 atom stereocenters. The van der Waals surface area contributed by atoms with Crippen LogP contribution in [0.2, 0.25) is 0 Å². The molecule has 14 heavy (non-hydrogen) atoms. The molecule has 3 heteroatoms. The normalized spacial score (nSPS) is 26.1. The van der Waals surface area contributed by atoms with E-state index in [1.165, 1.54) is 12.5 Å². The van der Waals surface area contributed by atoms with Crippen molar-refractivity contribution < 1.29 is 14.3 Å². The van der Waals surface area contributed by atoms with Gasteiger partial charge < -0.3 is 9.47 Å². The van der Waals surface area contributed by atoms with Crippen LogP contribution in [0, 0.1) is 0 Å². The van der Waals surface area contributed by atoms with Gasteiger partial charge in [0.2, 0.25) is 0 Å². The highest BCUT2D eigenvalue weighted by atomic mass is 16.6. The zero-order valence-corrected chi connectivity index (χ0v) is 9.08. The van der Waals surface area contributed by atoms with Crippen LogP contribution < -0.4 is 0 Å². The Hall–Kier alpha value is -0.830. The molecule has 1 aliphatic rings. The SMILES string of the molecule is CC(=O)OC/C=C(\C)CCC1OC1C. The third-order valence-electron chi connectivity index (χ3n) is 2.38. The van der Waals surface area contributed by atoms with Crippen LogP contribution in [0.5, 0.6) is 0 Å². The van der Waals surface area contributed by atoms with Crippen LogP contribution in [0.15, 0.2) is 11.6 Å². The Bertz CT molecular complexity index is 233. The van der Waals surface area contributed by atoms with Crippen LogP contribution in [0.3, 0.4) is 0 Å². The first kappa shape index (κ1) is 11.2. The maximum atomic E-state index is 10.5. The van der Waals surface area contributed by atoms with Crippen molar-refractivity contribution in [2.75, 3.05) is 6.61 Å². The molecule has 0 bridgehead atoms. The molecule has 0 radical (unpaired) electrons. The number of hydrogen-bond donors (Lipinski definition) is 0. The fourth-order valence-electron chi connectivity index (χ4n) is 1.31. The minimum absolute atomic E-state index is 0.229. The minimum atomic E-state index is -0.229. The van der Waals surface area contributed by atoms with Gasteiger partial charge in [-0.1, -0.05) is 5.57 Å². The lowest BCUT2D eigenvalue weighted by Gasteiger charge is -2.00. The number of carbonyl (C=O) groups is 1. The summed E-state index contributed by atoms with van der Waals surface area (Å²) in [4.78, 5) is 10.5. The number of epoxide rings is 1. The second kappa shape index (κ2) is 5.15. The minimum Gasteiger partial charge on any atom is -0.462 e. The van der Waals surface area contributed by atoms with Gasteiger partial charge in [-0.05, 0) is 32.8 Å². The zero-order chi connectivity index (χ0) is 10.6. The Morgan fingerprint density at radius 3 is 2.64 bits per heavy atom. The number of esters is 1. The summed E-state index contributed by atoms with van der Waals surface area (Å²) in [5.41, 5.74) is 1.26. The molecule has 0 spiro atoms. The first-order valence-electron chi connectivity index (χ1n) is 5.04. The predicted octanol–water partition coefficient (Wildman–Crippen LogP) is 2.06. The Kier molecular flexibility index (Phi) is 4.14. The van der Waals surface area contributed by atoms with Crippen molar-refractivity contribution in [3.05, 3.63) is 11.6 Å². The standard InChI is InChI=1S/C11H18O3/c1-8(6-7-13-10(3)12)4-5-11-9(2)14-11/h6,9,11H,4-5,7H2,1-3H3/b8-6+. The van der Waals surface area contributed by atoms with Crippen LogP contribution in [-0.2, 0) is 14.3 Å². The summed E-state index contributed by atoms with van der Waals surface area (Å²) in [7, 11) is 0. The topological polar surface area (TPSA) is 38.8 Å². The van der Waals surface area contributed by atoms with Crippen molar-refractivity contribution in [3.63, 3.8) is 0 Å². The maximum Gasteiger partial charge on any atom is 0.302 e. The van der Waals surface area contributed by atoms with Crippen molar-refractivity contribution in [2.24, 2.45) is 0 Å². The van der Waals surface area contributed by atoms with E-state index in [4.69, 9.17) is 9.47 Å². The molecule has 3 nitrogen and oxygen atoms in total. The van der Waals surface area contributed by atoms with Gasteiger partial charge in [-0.3, -0.25) is 4.79 Å². The molecule has 1 fully saturated rings. The molecule has 0 aromatic heterocycles. The van der Waals surface area contributed by atoms with Gasteiger partial charge in [-0.2, -0.15) is 0 Å². The highest BCUT2D eigenvalue weighted by Gasteiger charge is 2.32. The number of rotatable bonds is 5.